The van der Waals surface area contributed by atoms with Crippen LogP contribution in [-0.4, -0.2) is 5.11 Å². The van der Waals surface area contributed by atoms with Crippen molar-refractivity contribution in [3.05, 3.63) is 23.8 Å². The van der Waals surface area contributed by atoms with Gasteiger partial charge in [-0.3, -0.25) is 0 Å². The number of aromatic hydroxyl groups is 1. The first-order valence-corrected chi connectivity index (χ1v) is 5.09. The van der Waals surface area contributed by atoms with Crippen molar-refractivity contribution in [2.24, 2.45) is 0 Å². The number of alkyl halides is 2. The Morgan fingerprint density at radius 2 is 2.07 bits per heavy atom. The molecule has 0 radical (unpaired) electrons. The maximum Gasteiger partial charge on any atom is 0.268 e. The smallest absolute Gasteiger partial charge is 0.268 e. The summed E-state index contributed by atoms with van der Waals surface area (Å²) in [6, 6.07) is 5.03. The highest BCUT2D eigenvalue weighted by molar-refractivity contribution is 7.80. The lowest BCUT2D eigenvalue weighted by atomic mass is 10.2. The predicted molar refractivity (Wildman–Crippen MR) is 55.7 cm³/mol. The van der Waals surface area contributed by atoms with E-state index in [0.29, 0.717) is 15.0 Å². The third kappa shape index (κ3) is 1.36. The van der Waals surface area contributed by atoms with Gasteiger partial charge in [0, 0.05) is 15.0 Å². The zero-order valence-electron chi connectivity index (χ0n) is 6.87. The second-order valence-electron chi connectivity index (χ2n) is 2.77. The Morgan fingerprint density at radius 1 is 1.36 bits per heavy atom. The van der Waals surface area contributed by atoms with Crippen LogP contribution in [0.1, 0.15) is 12.0 Å². The van der Waals surface area contributed by atoms with Gasteiger partial charge in [-0.1, -0.05) is 17.4 Å². The second-order valence-corrected chi connectivity index (χ2v) is 4.28. The molecule has 0 spiro atoms. The van der Waals surface area contributed by atoms with Crippen molar-refractivity contribution in [3.8, 4) is 5.06 Å². The summed E-state index contributed by atoms with van der Waals surface area (Å²) in [5, 5.41) is 9.37. The molecule has 0 unspecified atom stereocenters. The van der Waals surface area contributed by atoms with Crippen LogP contribution in [-0.2, 0) is 0 Å². The van der Waals surface area contributed by atoms with E-state index in [0.717, 1.165) is 11.3 Å². The molecule has 1 aromatic heterocycles. The Labute approximate surface area is 88.4 Å². The van der Waals surface area contributed by atoms with Gasteiger partial charge in [-0.25, -0.2) is 8.78 Å². The van der Waals surface area contributed by atoms with E-state index in [2.05, 4.69) is 12.6 Å². The van der Waals surface area contributed by atoms with Crippen molar-refractivity contribution >= 4 is 34.1 Å². The minimum atomic E-state index is -2.67. The molecule has 1 heterocycles. The molecule has 0 aliphatic rings. The Morgan fingerprint density at radius 3 is 2.71 bits per heavy atom. The quantitative estimate of drug-likeness (QED) is 0.716. The lowest BCUT2D eigenvalue weighted by molar-refractivity contribution is 0.150. The first kappa shape index (κ1) is 9.73. The number of thiol groups is 1. The van der Waals surface area contributed by atoms with E-state index in [1.54, 1.807) is 18.2 Å². The third-order valence-corrected chi connectivity index (χ3v) is 3.27. The molecule has 2 aromatic rings. The predicted octanol–water partition coefficient (Wildman–Crippen LogP) is 3.83. The van der Waals surface area contributed by atoms with E-state index in [9.17, 15) is 13.9 Å². The highest BCUT2D eigenvalue weighted by Gasteiger charge is 2.21. The molecular formula is C9H6F2OS2. The molecule has 1 nitrogen and oxygen atoms in total. The minimum Gasteiger partial charge on any atom is -0.499 e. The van der Waals surface area contributed by atoms with Crippen LogP contribution in [0.25, 0.3) is 10.1 Å². The fraction of sp³-hybridized carbons (Fsp3) is 0.111. The number of benzene rings is 1. The molecule has 0 aliphatic carbocycles. The maximum atomic E-state index is 12.6. The van der Waals surface area contributed by atoms with Gasteiger partial charge >= 0.3 is 0 Å². The van der Waals surface area contributed by atoms with Crippen molar-refractivity contribution in [2.75, 3.05) is 0 Å². The normalized spacial score (nSPS) is 11.4. The van der Waals surface area contributed by atoms with Crippen LogP contribution in [0.4, 0.5) is 8.78 Å². The summed E-state index contributed by atoms with van der Waals surface area (Å²) in [7, 11) is 0. The fourth-order valence-electron chi connectivity index (χ4n) is 1.34. The second kappa shape index (κ2) is 3.40. The largest absolute Gasteiger partial charge is 0.499 e. The summed E-state index contributed by atoms with van der Waals surface area (Å²) in [6.07, 6.45) is -2.67. The van der Waals surface area contributed by atoms with E-state index in [4.69, 9.17) is 0 Å². The molecule has 0 bridgehead atoms. The molecule has 0 fully saturated rings. The van der Waals surface area contributed by atoms with Crippen molar-refractivity contribution < 1.29 is 13.9 Å². The van der Waals surface area contributed by atoms with Crippen LogP contribution in [0, 0.1) is 0 Å². The van der Waals surface area contributed by atoms with Crippen molar-refractivity contribution in [3.63, 3.8) is 0 Å². The number of halogens is 2. The molecule has 2 rings (SSSR count). The van der Waals surface area contributed by atoms with Gasteiger partial charge in [-0.15, -0.1) is 12.6 Å². The van der Waals surface area contributed by atoms with Crippen molar-refractivity contribution in [2.45, 2.75) is 11.3 Å². The average molecular weight is 232 g/mol. The monoisotopic (exact) mass is 232 g/mol. The number of hydrogen-bond donors (Lipinski definition) is 2. The Balaban J connectivity index is 2.86. The zero-order valence-corrected chi connectivity index (χ0v) is 8.58. The molecule has 14 heavy (non-hydrogen) atoms. The lowest BCUT2D eigenvalue weighted by Gasteiger charge is -1.99. The van der Waals surface area contributed by atoms with Gasteiger partial charge in [-0.05, 0) is 12.1 Å². The zero-order chi connectivity index (χ0) is 10.3. The summed E-state index contributed by atoms with van der Waals surface area (Å²) in [6.45, 7) is 0. The molecule has 1 aromatic carbocycles. The molecule has 1 N–H and O–H groups in total. The summed E-state index contributed by atoms with van der Waals surface area (Å²) >= 11 is 5.04. The first-order chi connectivity index (χ1) is 6.61. The maximum absolute atomic E-state index is 12.6. The van der Waals surface area contributed by atoms with Crippen molar-refractivity contribution in [1.82, 2.24) is 0 Å². The molecule has 0 amide bonds. The Bertz CT molecular complexity index is 479. The van der Waals surface area contributed by atoms with Gasteiger partial charge in [0.05, 0.1) is 5.56 Å². The van der Waals surface area contributed by atoms with Gasteiger partial charge in [0.2, 0.25) is 0 Å². The van der Waals surface area contributed by atoms with E-state index in [-0.39, 0.29) is 10.6 Å². The third-order valence-electron chi connectivity index (χ3n) is 1.93. The van der Waals surface area contributed by atoms with E-state index >= 15 is 0 Å². The number of hydrogen-bond acceptors (Lipinski definition) is 3. The lowest BCUT2D eigenvalue weighted by Crippen LogP contribution is -1.82. The Kier molecular flexibility index (Phi) is 2.36. The summed E-state index contributed by atoms with van der Waals surface area (Å²) in [5.41, 5.74) is -0.310. The van der Waals surface area contributed by atoms with Crippen LogP contribution in [0.5, 0.6) is 5.06 Å². The van der Waals surface area contributed by atoms with Crippen LogP contribution in [0.2, 0.25) is 0 Å². The molecule has 74 valence electrons. The van der Waals surface area contributed by atoms with Gasteiger partial charge in [0.25, 0.3) is 6.43 Å². The average Bonchev–Trinajstić information content (AvgIpc) is 2.42. The number of fused-ring (bicyclic) bond motifs is 1. The van der Waals surface area contributed by atoms with Crippen LogP contribution >= 0.6 is 24.0 Å². The Hall–Kier alpha value is -0.810. The van der Waals surface area contributed by atoms with Gasteiger partial charge in [0.15, 0.2) is 5.06 Å². The molecule has 0 aliphatic heterocycles. The van der Waals surface area contributed by atoms with Gasteiger partial charge in [0.1, 0.15) is 0 Å². The topological polar surface area (TPSA) is 20.2 Å². The summed E-state index contributed by atoms with van der Waals surface area (Å²) < 4.78 is 25.8. The van der Waals surface area contributed by atoms with Crippen LogP contribution in [0.15, 0.2) is 23.1 Å². The van der Waals surface area contributed by atoms with Crippen LogP contribution in [0.3, 0.4) is 0 Å². The van der Waals surface area contributed by atoms with E-state index in [1.165, 1.54) is 0 Å². The molecular weight excluding hydrogens is 226 g/mol. The molecule has 5 heteroatoms. The standard InChI is InChI=1S/C9H6F2OS2/c10-8(11)7-6-4(13)2-1-3-5(6)14-9(7)12/h1-3,8,12-13H. The SMILES string of the molecule is Oc1sc2cccc(S)c2c1C(F)F. The van der Waals surface area contributed by atoms with Gasteiger partial charge < -0.3 is 5.11 Å². The molecule has 0 saturated heterocycles. The van der Waals surface area contributed by atoms with E-state index < -0.39 is 6.43 Å². The highest BCUT2D eigenvalue weighted by Crippen LogP contribution is 2.44. The summed E-state index contributed by atoms with van der Waals surface area (Å²) in [5.74, 6) is 0. The highest BCUT2D eigenvalue weighted by atomic mass is 32.1. The van der Waals surface area contributed by atoms with Crippen LogP contribution < -0.4 is 0 Å². The van der Waals surface area contributed by atoms with Crippen molar-refractivity contribution in [1.29, 1.82) is 0 Å². The molecule has 0 saturated carbocycles. The molecule has 0 atom stereocenters. The summed E-state index contributed by atoms with van der Waals surface area (Å²) in [4.78, 5) is 0.467. The van der Waals surface area contributed by atoms with Gasteiger partial charge in [-0.2, -0.15) is 0 Å². The fourth-order valence-corrected chi connectivity index (χ4v) is 2.72. The first-order valence-electron chi connectivity index (χ1n) is 3.82. The van der Waals surface area contributed by atoms with E-state index in [1.807, 2.05) is 0 Å². The number of thiophene rings is 1. The minimum absolute atomic E-state index is 0.310. The number of rotatable bonds is 1.